The van der Waals surface area contributed by atoms with Crippen molar-refractivity contribution in [3.63, 3.8) is 0 Å². The Hall–Kier alpha value is -0.470. The fourth-order valence-corrected chi connectivity index (χ4v) is 2.17. The van der Waals surface area contributed by atoms with Gasteiger partial charge < -0.3 is 14.0 Å². The van der Waals surface area contributed by atoms with E-state index in [0.717, 1.165) is 6.42 Å². The number of aromatic nitrogens is 1. The minimum Gasteiger partial charge on any atom is -0.355 e. The predicted molar refractivity (Wildman–Crippen MR) is 63.7 cm³/mol. The fourth-order valence-electron chi connectivity index (χ4n) is 1.57. The molecule has 1 fully saturated rings. The summed E-state index contributed by atoms with van der Waals surface area (Å²) in [7, 11) is 0. The van der Waals surface area contributed by atoms with Crippen LogP contribution in [0.3, 0.4) is 0 Å². The maximum atomic E-state index is 13.1. The van der Waals surface area contributed by atoms with Crippen LogP contribution in [0.5, 0.6) is 0 Å². The highest BCUT2D eigenvalue weighted by Crippen LogP contribution is 2.09. The Morgan fingerprint density at radius 3 is 3.12 bits per heavy atom. The Kier molecular flexibility index (Phi) is 3.93. The molecule has 2 heterocycles. The quantitative estimate of drug-likeness (QED) is 0.764. The highest BCUT2D eigenvalue weighted by atomic mass is 127. The lowest BCUT2D eigenvalue weighted by molar-refractivity contribution is -0.142. The average molecular weight is 339 g/mol. The minimum atomic E-state index is -0.406. The molecular weight excluding hydrogens is 328 g/mol. The van der Waals surface area contributed by atoms with Gasteiger partial charge in [-0.15, -0.1) is 0 Å². The molecule has 1 aliphatic rings. The lowest BCUT2D eigenvalue weighted by Gasteiger charge is -2.23. The number of hydrogen-bond acceptors (Lipinski definition) is 3. The van der Waals surface area contributed by atoms with Gasteiger partial charge in [-0.1, -0.05) is 0 Å². The highest BCUT2D eigenvalue weighted by Gasteiger charge is 2.16. The average Bonchev–Trinajstić information content (AvgIpc) is 2.27. The molecule has 16 heavy (non-hydrogen) atoms. The maximum absolute atomic E-state index is 13.1. The molecule has 0 aliphatic carbocycles. The zero-order chi connectivity index (χ0) is 11.5. The second-order valence-corrected chi connectivity index (χ2v) is 4.73. The smallest absolute Gasteiger partial charge is 0.264 e. The van der Waals surface area contributed by atoms with Crippen LogP contribution >= 0.6 is 22.6 Å². The first kappa shape index (κ1) is 12.0. The Bertz CT molecular complexity index is 429. The Morgan fingerprint density at radius 1 is 1.62 bits per heavy atom. The van der Waals surface area contributed by atoms with Gasteiger partial charge in [0, 0.05) is 6.20 Å². The minimum absolute atomic E-state index is 0.0796. The summed E-state index contributed by atoms with van der Waals surface area (Å²) in [5.74, 6) is -0.406. The SMILES string of the molecule is O=c1c(I)cc(F)cn1C[C@@H]1CCOCO1. The molecule has 1 saturated heterocycles. The van der Waals surface area contributed by atoms with E-state index in [1.54, 1.807) is 0 Å². The third-order valence-electron chi connectivity index (χ3n) is 2.38. The summed E-state index contributed by atoms with van der Waals surface area (Å²) in [4.78, 5) is 11.7. The van der Waals surface area contributed by atoms with Crippen LogP contribution < -0.4 is 5.56 Å². The van der Waals surface area contributed by atoms with Crippen molar-refractivity contribution in [1.82, 2.24) is 4.57 Å². The number of rotatable bonds is 2. The van der Waals surface area contributed by atoms with Gasteiger partial charge in [-0.05, 0) is 35.1 Å². The third-order valence-corrected chi connectivity index (χ3v) is 3.15. The van der Waals surface area contributed by atoms with Gasteiger partial charge in [0.25, 0.3) is 5.56 Å². The molecule has 0 amide bonds. The molecule has 0 spiro atoms. The predicted octanol–water partition coefficient (Wildman–Crippen LogP) is 1.35. The van der Waals surface area contributed by atoms with E-state index < -0.39 is 5.82 Å². The Morgan fingerprint density at radius 2 is 2.44 bits per heavy atom. The van der Waals surface area contributed by atoms with Crippen molar-refractivity contribution in [1.29, 1.82) is 0 Å². The number of halogens is 2. The van der Waals surface area contributed by atoms with Gasteiger partial charge in [0.1, 0.15) is 12.6 Å². The van der Waals surface area contributed by atoms with Crippen molar-refractivity contribution >= 4 is 22.6 Å². The van der Waals surface area contributed by atoms with E-state index >= 15 is 0 Å². The van der Waals surface area contributed by atoms with Gasteiger partial charge in [-0.25, -0.2) is 4.39 Å². The molecule has 4 nitrogen and oxygen atoms in total. The van der Waals surface area contributed by atoms with Crippen LogP contribution in [0.25, 0.3) is 0 Å². The van der Waals surface area contributed by atoms with Gasteiger partial charge >= 0.3 is 0 Å². The highest BCUT2D eigenvalue weighted by molar-refractivity contribution is 14.1. The summed E-state index contributed by atoms with van der Waals surface area (Å²) in [6, 6.07) is 1.23. The summed E-state index contributed by atoms with van der Waals surface area (Å²) >= 11 is 1.83. The van der Waals surface area contributed by atoms with E-state index in [1.165, 1.54) is 16.8 Å². The van der Waals surface area contributed by atoms with Crippen LogP contribution in [-0.2, 0) is 16.0 Å². The Balaban J connectivity index is 2.17. The normalized spacial score (nSPS) is 21.0. The summed E-state index contributed by atoms with van der Waals surface area (Å²) in [5.41, 5.74) is -0.183. The third kappa shape index (κ3) is 2.80. The molecule has 88 valence electrons. The van der Waals surface area contributed by atoms with E-state index in [0.29, 0.717) is 16.7 Å². The molecule has 0 aromatic carbocycles. The lowest BCUT2D eigenvalue weighted by atomic mass is 10.2. The summed E-state index contributed by atoms with van der Waals surface area (Å²) in [6.45, 7) is 1.23. The molecule has 1 atom stereocenters. The van der Waals surface area contributed by atoms with Crippen molar-refractivity contribution in [3.8, 4) is 0 Å². The second kappa shape index (κ2) is 5.24. The van der Waals surface area contributed by atoms with Crippen molar-refractivity contribution in [2.75, 3.05) is 13.4 Å². The molecule has 0 unspecified atom stereocenters. The first-order chi connectivity index (χ1) is 7.66. The molecule has 6 heteroatoms. The summed E-state index contributed by atoms with van der Waals surface area (Å²) in [5, 5.41) is 0. The van der Waals surface area contributed by atoms with Crippen LogP contribution in [0, 0.1) is 9.39 Å². The van der Waals surface area contributed by atoms with E-state index in [1.807, 2.05) is 22.6 Å². The molecule has 0 saturated carbocycles. The lowest BCUT2D eigenvalue weighted by Crippen LogP contribution is -2.33. The van der Waals surface area contributed by atoms with E-state index in [-0.39, 0.29) is 18.5 Å². The number of hydrogen-bond donors (Lipinski definition) is 0. The van der Waals surface area contributed by atoms with Crippen LogP contribution in [0.1, 0.15) is 6.42 Å². The van der Waals surface area contributed by atoms with E-state index in [4.69, 9.17) is 9.47 Å². The molecule has 2 rings (SSSR count). The first-order valence-electron chi connectivity index (χ1n) is 4.91. The monoisotopic (exact) mass is 339 g/mol. The topological polar surface area (TPSA) is 40.5 Å². The molecule has 0 radical (unpaired) electrons. The van der Waals surface area contributed by atoms with Crippen LogP contribution in [0.15, 0.2) is 17.1 Å². The van der Waals surface area contributed by atoms with Crippen molar-refractivity contribution in [2.45, 2.75) is 19.1 Å². The van der Waals surface area contributed by atoms with Gasteiger partial charge in [0.05, 0.1) is 22.8 Å². The fraction of sp³-hybridized carbons (Fsp3) is 0.500. The Labute approximate surface area is 105 Å². The first-order valence-corrected chi connectivity index (χ1v) is 5.99. The van der Waals surface area contributed by atoms with Crippen molar-refractivity contribution in [3.05, 3.63) is 32.0 Å². The number of nitrogens with zero attached hydrogens (tertiary/aromatic N) is 1. The largest absolute Gasteiger partial charge is 0.355 e. The number of pyridine rings is 1. The van der Waals surface area contributed by atoms with Gasteiger partial charge in [-0.2, -0.15) is 0 Å². The van der Waals surface area contributed by atoms with E-state index in [9.17, 15) is 9.18 Å². The van der Waals surface area contributed by atoms with Gasteiger partial charge in [-0.3, -0.25) is 4.79 Å². The molecule has 0 N–H and O–H groups in total. The zero-order valence-corrected chi connectivity index (χ0v) is 10.6. The molecule has 1 aliphatic heterocycles. The van der Waals surface area contributed by atoms with Crippen LogP contribution in [0.2, 0.25) is 0 Å². The van der Waals surface area contributed by atoms with Crippen molar-refractivity contribution in [2.24, 2.45) is 0 Å². The zero-order valence-electron chi connectivity index (χ0n) is 8.49. The standard InChI is InChI=1S/C10H11FINO3/c11-7-3-9(12)10(14)13(4-7)5-8-1-2-15-6-16-8/h3-4,8H,1-2,5-6H2/t8-/m0/s1. The molecule has 1 aromatic heterocycles. The molecular formula is C10H11FINO3. The van der Waals surface area contributed by atoms with Crippen molar-refractivity contribution < 1.29 is 13.9 Å². The molecule has 0 bridgehead atoms. The van der Waals surface area contributed by atoms with Crippen LogP contribution in [0.4, 0.5) is 4.39 Å². The van der Waals surface area contributed by atoms with Gasteiger partial charge in [0.2, 0.25) is 0 Å². The second-order valence-electron chi connectivity index (χ2n) is 3.57. The number of ether oxygens (including phenoxy) is 2. The molecule has 1 aromatic rings. The maximum Gasteiger partial charge on any atom is 0.264 e. The van der Waals surface area contributed by atoms with Crippen LogP contribution in [-0.4, -0.2) is 24.1 Å². The van der Waals surface area contributed by atoms with Gasteiger partial charge in [0.15, 0.2) is 0 Å². The van der Waals surface area contributed by atoms with E-state index in [2.05, 4.69) is 0 Å². The summed E-state index contributed by atoms with van der Waals surface area (Å²) in [6.07, 6.45) is 1.85. The summed E-state index contributed by atoms with van der Waals surface area (Å²) < 4.78 is 25.2.